The zero-order valence-electron chi connectivity index (χ0n) is 14.6. The Morgan fingerprint density at radius 2 is 1.81 bits per heavy atom. The largest absolute Gasteiger partial charge is 0.330 e. The minimum absolute atomic E-state index is 0.0397. The molecule has 0 aliphatic carbocycles. The highest BCUT2D eigenvalue weighted by Crippen LogP contribution is 2.27. The number of quaternary nitrogens is 1. The fourth-order valence-electron chi connectivity index (χ4n) is 2.58. The van der Waals surface area contributed by atoms with Gasteiger partial charge < -0.3 is 10.6 Å². The zero-order valence-corrected chi connectivity index (χ0v) is 16.2. The van der Waals surface area contributed by atoms with Crippen LogP contribution in [0.5, 0.6) is 0 Å². The van der Waals surface area contributed by atoms with Crippen LogP contribution in [0.2, 0.25) is 10.0 Å². The molecule has 2 aromatic rings. The van der Waals surface area contributed by atoms with Gasteiger partial charge in [-0.1, -0.05) is 35.3 Å². The fraction of sp³-hybridized carbons (Fsp3) is 0.263. The molecular formula is C19H20Cl2FN2O2+. The van der Waals surface area contributed by atoms with Crippen LogP contribution in [0.3, 0.4) is 0 Å². The first-order valence-electron chi connectivity index (χ1n) is 8.10. The van der Waals surface area contributed by atoms with Gasteiger partial charge in [0.1, 0.15) is 11.9 Å². The van der Waals surface area contributed by atoms with Gasteiger partial charge in [0.15, 0.2) is 11.8 Å². The van der Waals surface area contributed by atoms with Crippen LogP contribution in [-0.2, 0) is 4.79 Å². The number of rotatable bonds is 6. The van der Waals surface area contributed by atoms with Crippen molar-refractivity contribution in [1.82, 2.24) is 0 Å². The number of Topliss-reactive ketones (excluding diaryl/α,β-unsaturated/α-hetero) is 1. The molecule has 0 saturated heterocycles. The van der Waals surface area contributed by atoms with E-state index in [1.165, 1.54) is 19.1 Å². The summed E-state index contributed by atoms with van der Waals surface area (Å²) in [5, 5.41) is 4.86. The van der Waals surface area contributed by atoms with Crippen molar-refractivity contribution in [2.45, 2.75) is 32.9 Å². The van der Waals surface area contributed by atoms with Gasteiger partial charge in [0.2, 0.25) is 0 Å². The number of nitrogens with one attached hydrogen (secondary N) is 1. The Hall–Kier alpha value is -1.95. The van der Waals surface area contributed by atoms with Gasteiger partial charge in [0.05, 0.1) is 10.0 Å². The van der Waals surface area contributed by atoms with Crippen LogP contribution in [0.25, 0.3) is 0 Å². The number of carbonyl (C=O) groups excluding carboxylic acids is 2. The summed E-state index contributed by atoms with van der Waals surface area (Å²) in [4.78, 5) is 23.8. The predicted molar refractivity (Wildman–Crippen MR) is 101 cm³/mol. The highest BCUT2D eigenvalue weighted by molar-refractivity contribution is 6.35. The van der Waals surface area contributed by atoms with Gasteiger partial charge in [-0.15, -0.1) is 0 Å². The number of hydrogen-bond donors (Lipinski definition) is 2. The number of carbonyl (C=O) groups is 2. The van der Waals surface area contributed by atoms with Crippen molar-refractivity contribution in [3.63, 3.8) is 0 Å². The Morgan fingerprint density at radius 1 is 1.12 bits per heavy atom. The smallest absolute Gasteiger partial charge is 0.282 e. The lowest BCUT2D eigenvalue weighted by Gasteiger charge is -2.18. The van der Waals surface area contributed by atoms with Crippen molar-refractivity contribution in [3.05, 3.63) is 63.4 Å². The summed E-state index contributed by atoms with van der Waals surface area (Å²) in [7, 11) is 0. The Balaban J connectivity index is 2.06. The second-order valence-electron chi connectivity index (χ2n) is 6.18. The lowest BCUT2D eigenvalue weighted by Crippen LogP contribution is -2.91. The molecule has 0 unspecified atom stereocenters. The molecule has 2 aromatic carbocycles. The molecule has 0 radical (unpaired) electrons. The van der Waals surface area contributed by atoms with E-state index in [9.17, 15) is 14.0 Å². The third kappa shape index (κ3) is 5.04. The summed E-state index contributed by atoms with van der Waals surface area (Å²) in [5.41, 5.74) is 1.63. The fourth-order valence-corrected chi connectivity index (χ4v) is 3.14. The molecule has 0 fully saturated rings. The van der Waals surface area contributed by atoms with Crippen LogP contribution in [0.4, 0.5) is 10.1 Å². The molecule has 0 spiro atoms. The van der Waals surface area contributed by atoms with Crippen molar-refractivity contribution in [3.8, 4) is 0 Å². The number of amides is 1. The molecule has 0 aliphatic heterocycles. The average Bonchev–Trinajstić information content (AvgIpc) is 2.58. The molecule has 0 bridgehead atoms. The minimum Gasteiger partial charge on any atom is -0.330 e. The number of nitrogens with two attached hydrogens (primary N) is 1. The molecule has 0 saturated carbocycles. The van der Waals surface area contributed by atoms with Crippen molar-refractivity contribution in [2.24, 2.45) is 0 Å². The second-order valence-corrected chi connectivity index (χ2v) is 7.00. The summed E-state index contributed by atoms with van der Waals surface area (Å²) in [6, 6.07) is 8.67. The van der Waals surface area contributed by atoms with E-state index in [0.717, 1.165) is 0 Å². The predicted octanol–water partition coefficient (Wildman–Crippen LogP) is 3.99. The lowest BCUT2D eigenvalue weighted by molar-refractivity contribution is -0.709. The molecular weight excluding hydrogens is 378 g/mol. The maximum atomic E-state index is 13.7. The number of halogens is 3. The number of ketones is 1. The first kappa shape index (κ1) is 20.4. The molecule has 1 amide bonds. The van der Waals surface area contributed by atoms with E-state index in [1.54, 1.807) is 36.5 Å². The highest BCUT2D eigenvalue weighted by atomic mass is 35.5. The van der Waals surface area contributed by atoms with Crippen LogP contribution in [0.15, 0.2) is 36.4 Å². The third-order valence-corrected chi connectivity index (χ3v) is 4.67. The third-order valence-electron chi connectivity index (χ3n) is 4.06. The van der Waals surface area contributed by atoms with E-state index >= 15 is 0 Å². The molecule has 138 valence electrons. The highest BCUT2D eigenvalue weighted by Gasteiger charge is 2.23. The van der Waals surface area contributed by atoms with E-state index in [1.807, 2.05) is 6.92 Å². The molecule has 26 heavy (non-hydrogen) atoms. The summed E-state index contributed by atoms with van der Waals surface area (Å²) in [5.74, 6) is -0.860. The van der Waals surface area contributed by atoms with E-state index in [2.05, 4.69) is 5.32 Å². The second kappa shape index (κ2) is 8.62. The molecule has 0 heterocycles. The number of hydrogen-bond acceptors (Lipinski definition) is 2. The SMILES string of the molecule is CC(=O)c1cccc(NC(=O)[C@H](C)[NH2+][C@H](C)c2cc(F)c(Cl)cc2Cl)c1. The molecule has 0 aromatic heterocycles. The van der Waals surface area contributed by atoms with Crippen molar-refractivity contribution < 1.29 is 19.3 Å². The first-order chi connectivity index (χ1) is 12.2. The standard InChI is InChI=1S/C19H19Cl2FN2O2/c1-10(15-8-18(22)17(21)9-16(15)20)23-11(2)19(26)24-14-6-4-5-13(7-14)12(3)25/h4-11,23H,1-3H3,(H,24,26)/p+1/t10-,11+/m1/s1. The Bertz CT molecular complexity index is 842. The van der Waals surface area contributed by atoms with Gasteiger partial charge in [-0.3, -0.25) is 9.59 Å². The van der Waals surface area contributed by atoms with Crippen LogP contribution in [0.1, 0.15) is 42.7 Å². The average molecular weight is 398 g/mol. The lowest BCUT2D eigenvalue weighted by atomic mass is 10.1. The number of benzene rings is 2. The van der Waals surface area contributed by atoms with Crippen molar-refractivity contribution in [1.29, 1.82) is 0 Å². The summed E-state index contributed by atoms with van der Waals surface area (Å²) in [6.45, 7) is 5.03. The zero-order chi connectivity index (χ0) is 19.4. The molecule has 2 rings (SSSR count). The van der Waals surface area contributed by atoms with Gasteiger partial charge in [0, 0.05) is 16.8 Å². The molecule has 3 N–H and O–H groups in total. The summed E-state index contributed by atoms with van der Waals surface area (Å²) < 4.78 is 13.7. The summed E-state index contributed by atoms with van der Waals surface area (Å²) >= 11 is 11.8. The normalized spacial score (nSPS) is 13.2. The number of anilines is 1. The molecule has 4 nitrogen and oxygen atoms in total. The van der Waals surface area contributed by atoms with Gasteiger partial charge in [-0.25, -0.2) is 4.39 Å². The maximum Gasteiger partial charge on any atom is 0.282 e. The van der Waals surface area contributed by atoms with E-state index in [-0.39, 0.29) is 22.8 Å². The Morgan fingerprint density at radius 3 is 2.46 bits per heavy atom. The van der Waals surface area contributed by atoms with Crippen LogP contribution in [-0.4, -0.2) is 17.7 Å². The van der Waals surface area contributed by atoms with Crippen LogP contribution < -0.4 is 10.6 Å². The van der Waals surface area contributed by atoms with E-state index in [0.29, 0.717) is 21.8 Å². The Kier molecular flexibility index (Phi) is 6.75. The molecule has 7 heteroatoms. The quantitative estimate of drug-likeness (QED) is 0.571. The molecule has 2 atom stereocenters. The van der Waals surface area contributed by atoms with Gasteiger partial charge in [0.25, 0.3) is 5.91 Å². The maximum absolute atomic E-state index is 13.7. The van der Waals surface area contributed by atoms with Crippen LogP contribution in [0, 0.1) is 5.82 Å². The van der Waals surface area contributed by atoms with Crippen molar-refractivity contribution in [2.75, 3.05) is 5.32 Å². The monoisotopic (exact) mass is 397 g/mol. The van der Waals surface area contributed by atoms with E-state index < -0.39 is 11.9 Å². The van der Waals surface area contributed by atoms with Crippen LogP contribution >= 0.6 is 23.2 Å². The van der Waals surface area contributed by atoms with E-state index in [4.69, 9.17) is 23.2 Å². The summed E-state index contributed by atoms with van der Waals surface area (Å²) in [6.07, 6.45) is 0. The Labute approximate surface area is 161 Å². The van der Waals surface area contributed by atoms with Gasteiger partial charge >= 0.3 is 0 Å². The van der Waals surface area contributed by atoms with Gasteiger partial charge in [-0.05, 0) is 45.0 Å². The minimum atomic E-state index is -0.551. The topological polar surface area (TPSA) is 62.8 Å². The van der Waals surface area contributed by atoms with Gasteiger partial charge in [-0.2, -0.15) is 0 Å². The van der Waals surface area contributed by atoms with Crippen molar-refractivity contribution >= 4 is 40.6 Å². The molecule has 0 aliphatic rings. The first-order valence-corrected chi connectivity index (χ1v) is 8.86.